The van der Waals surface area contributed by atoms with Gasteiger partial charge >= 0.3 is 6.03 Å². The number of pyridine rings is 1. The maximum Gasteiger partial charge on any atom is 0.317 e. The summed E-state index contributed by atoms with van der Waals surface area (Å²) in [6.45, 7) is 4.86. The van der Waals surface area contributed by atoms with Crippen molar-refractivity contribution in [2.75, 3.05) is 13.6 Å². The number of hydrogen-bond acceptors (Lipinski definition) is 3. The highest BCUT2D eigenvalue weighted by molar-refractivity contribution is 7.09. The minimum absolute atomic E-state index is 0.0237. The van der Waals surface area contributed by atoms with Gasteiger partial charge < -0.3 is 10.2 Å². The fourth-order valence-corrected chi connectivity index (χ4v) is 3.14. The van der Waals surface area contributed by atoms with Gasteiger partial charge in [-0.1, -0.05) is 13.0 Å². The van der Waals surface area contributed by atoms with Crippen LogP contribution in [0, 0.1) is 5.92 Å². The van der Waals surface area contributed by atoms with E-state index >= 15 is 0 Å². The van der Waals surface area contributed by atoms with Gasteiger partial charge in [0.05, 0.1) is 6.04 Å². The van der Waals surface area contributed by atoms with Gasteiger partial charge in [0.25, 0.3) is 0 Å². The summed E-state index contributed by atoms with van der Waals surface area (Å²) in [6, 6.07) is 8.07. The van der Waals surface area contributed by atoms with Crippen molar-refractivity contribution in [1.82, 2.24) is 15.2 Å². The van der Waals surface area contributed by atoms with E-state index in [1.807, 2.05) is 26.1 Å². The van der Waals surface area contributed by atoms with Gasteiger partial charge in [-0.15, -0.1) is 11.3 Å². The Labute approximate surface area is 136 Å². The zero-order valence-corrected chi connectivity index (χ0v) is 14.1. The fourth-order valence-electron chi connectivity index (χ4n) is 2.27. The lowest BCUT2D eigenvalue weighted by molar-refractivity contribution is 0.193. The molecule has 0 unspecified atom stereocenters. The maximum atomic E-state index is 12.3. The van der Waals surface area contributed by atoms with Crippen LogP contribution in [-0.4, -0.2) is 29.5 Å². The van der Waals surface area contributed by atoms with Crippen LogP contribution in [0.3, 0.4) is 0 Å². The molecule has 1 N–H and O–H groups in total. The zero-order chi connectivity index (χ0) is 15.9. The summed E-state index contributed by atoms with van der Waals surface area (Å²) in [4.78, 5) is 19.4. The standard InChI is InChI=1S/C17H23N3OS/c1-13(11-16-5-4-10-22-16)12-19-17(21)20(3)14(2)15-6-8-18-9-7-15/h4-10,13-14H,11-12H2,1-3H3,(H,19,21)/t13-,14-/m1/s1. The molecule has 0 saturated heterocycles. The van der Waals surface area contributed by atoms with Crippen molar-refractivity contribution in [3.63, 3.8) is 0 Å². The number of thiophene rings is 1. The summed E-state index contributed by atoms with van der Waals surface area (Å²) < 4.78 is 0. The molecule has 118 valence electrons. The fraction of sp³-hybridized carbons (Fsp3) is 0.412. The largest absolute Gasteiger partial charge is 0.338 e. The highest BCUT2D eigenvalue weighted by Gasteiger charge is 2.17. The molecular weight excluding hydrogens is 294 g/mol. The highest BCUT2D eigenvalue weighted by Crippen LogP contribution is 2.18. The van der Waals surface area contributed by atoms with Crippen molar-refractivity contribution < 1.29 is 4.79 Å². The first-order chi connectivity index (χ1) is 10.6. The Morgan fingerprint density at radius 3 is 2.68 bits per heavy atom. The molecule has 0 aliphatic heterocycles. The molecule has 2 amide bonds. The molecule has 22 heavy (non-hydrogen) atoms. The molecule has 0 saturated carbocycles. The van der Waals surface area contributed by atoms with E-state index in [9.17, 15) is 4.79 Å². The minimum atomic E-state index is -0.0395. The summed E-state index contributed by atoms with van der Waals surface area (Å²) >= 11 is 1.76. The van der Waals surface area contributed by atoms with E-state index in [0.29, 0.717) is 12.5 Å². The van der Waals surface area contributed by atoms with Crippen LogP contribution >= 0.6 is 11.3 Å². The third-order valence-corrected chi connectivity index (χ3v) is 4.72. The Morgan fingerprint density at radius 1 is 1.32 bits per heavy atom. The Balaban J connectivity index is 1.81. The van der Waals surface area contributed by atoms with E-state index in [2.05, 4.69) is 34.7 Å². The van der Waals surface area contributed by atoms with Crippen LogP contribution in [-0.2, 0) is 6.42 Å². The van der Waals surface area contributed by atoms with Gasteiger partial charge in [0.1, 0.15) is 0 Å². The Kier molecular flexibility index (Phi) is 5.95. The normalized spacial score (nSPS) is 13.4. The molecule has 4 nitrogen and oxygen atoms in total. The molecule has 0 aliphatic rings. The topological polar surface area (TPSA) is 45.2 Å². The van der Waals surface area contributed by atoms with Gasteiger partial charge in [-0.25, -0.2) is 4.79 Å². The van der Waals surface area contributed by atoms with Crippen molar-refractivity contribution in [2.24, 2.45) is 5.92 Å². The molecular formula is C17H23N3OS. The van der Waals surface area contributed by atoms with E-state index in [1.54, 1.807) is 28.6 Å². The summed E-state index contributed by atoms with van der Waals surface area (Å²) in [7, 11) is 1.82. The lowest BCUT2D eigenvalue weighted by Gasteiger charge is -2.26. The Hall–Kier alpha value is -1.88. The molecule has 2 atom stereocenters. The molecule has 2 aromatic heterocycles. The van der Waals surface area contributed by atoms with E-state index in [4.69, 9.17) is 0 Å². The van der Waals surface area contributed by atoms with Gasteiger partial charge in [-0.05, 0) is 48.4 Å². The van der Waals surface area contributed by atoms with Crippen molar-refractivity contribution in [2.45, 2.75) is 26.3 Å². The van der Waals surface area contributed by atoms with Crippen LogP contribution in [0.5, 0.6) is 0 Å². The van der Waals surface area contributed by atoms with Crippen LogP contribution in [0.25, 0.3) is 0 Å². The van der Waals surface area contributed by atoms with Gasteiger partial charge in [-0.2, -0.15) is 0 Å². The number of urea groups is 1. The second-order valence-electron chi connectivity index (χ2n) is 5.64. The van der Waals surface area contributed by atoms with E-state index in [-0.39, 0.29) is 12.1 Å². The lowest BCUT2D eigenvalue weighted by Crippen LogP contribution is -2.40. The van der Waals surface area contributed by atoms with E-state index in [0.717, 1.165) is 12.0 Å². The van der Waals surface area contributed by atoms with Crippen LogP contribution in [0.15, 0.2) is 42.0 Å². The quantitative estimate of drug-likeness (QED) is 0.882. The first-order valence-electron chi connectivity index (χ1n) is 7.51. The van der Waals surface area contributed by atoms with E-state index in [1.165, 1.54) is 4.88 Å². The summed E-state index contributed by atoms with van der Waals surface area (Å²) in [6.07, 6.45) is 4.50. The third-order valence-electron chi connectivity index (χ3n) is 3.82. The van der Waals surface area contributed by atoms with Crippen molar-refractivity contribution in [1.29, 1.82) is 0 Å². The SMILES string of the molecule is C[C@@H](CNC(=O)N(C)[C@H](C)c1ccncc1)Cc1cccs1. The van der Waals surface area contributed by atoms with Gasteiger partial charge in [-0.3, -0.25) is 4.98 Å². The highest BCUT2D eigenvalue weighted by atomic mass is 32.1. The Bertz CT molecular complexity index is 571. The first-order valence-corrected chi connectivity index (χ1v) is 8.39. The summed E-state index contributed by atoms with van der Waals surface area (Å²) in [5.74, 6) is 0.423. The first kappa shape index (κ1) is 16.5. The molecule has 5 heteroatoms. The number of hydrogen-bond donors (Lipinski definition) is 1. The molecule has 0 aromatic carbocycles. The van der Waals surface area contributed by atoms with Crippen LogP contribution < -0.4 is 5.32 Å². The Morgan fingerprint density at radius 2 is 2.05 bits per heavy atom. The predicted octanol–water partition coefficient (Wildman–Crippen LogP) is 3.72. The molecule has 2 rings (SSSR count). The number of aromatic nitrogens is 1. The lowest BCUT2D eigenvalue weighted by atomic mass is 10.1. The number of amides is 2. The maximum absolute atomic E-state index is 12.3. The number of carbonyl (C=O) groups is 1. The number of carbonyl (C=O) groups excluding carboxylic acids is 1. The van der Waals surface area contributed by atoms with Gasteiger partial charge in [0.2, 0.25) is 0 Å². The number of rotatable bonds is 6. The molecule has 0 spiro atoms. The molecule has 2 aromatic rings. The number of nitrogens with zero attached hydrogens (tertiary/aromatic N) is 2. The molecule has 0 bridgehead atoms. The van der Waals surface area contributed by atoms with Gasteiger partial charge in [0, 0.05) is 30.9 Å². The predicted molar refractivity (Wildman–Crippen MR) is 91.0 cm³/mol. The van der Waals surface area contributed by atoms with Crippen LogP contribution in [0.1, 0.15) is 30.3 Å². The average molecular weight is 317 g/mol. The second-order valence-corrected chi connectivity index (χ2v) is 6.67. The second kappa shape index (κ2) is 7.94. The van der Waals surface area contributed by atoms with Crippen molar-refractivity contribution in [3.8, 4) is 0 Å². The number of nitrogens with one attached hydrogen (secondary N) is 1. The van der Waals surface area contributed by atoms with Crippen molar-refractivity contribution >= 4 is 17.4 Å². The minimum Gasteiger partial charge on any atom is -0.338 e. The van der Waals surface area contributed by atoms with Crippen LogP contribution in [0.4, 0.5) is 4.79 Å². The average Bonchev–Trinajstić information content (AvgIpc) is 3.05. The summed E-state index contributed by atoms with van der Waals surface area (Å²) in [5, 5.41) is 5.11. The van der Waals surface area contributed by atoms with Crippen LogP contribution in [0.2, 0.25) is 0 Å². The van der Waals surface area contributed by atoms with E-state index < -0.39 is 0 Å². The zero-order valence-electron chi connectivity index (χ0n) is 13.3. The third kappa shape index (κ3) is 4.56. The monoisotopic (exact) mass is 317 g/mol. The molecule has 0 fully saturated rings. The van der Waals surface area contributed by atoms with Crippen molar-refractivity contribution in [3.05, 3.63) is 52.5 Å². The molecule has 0 aliphatic carbocycles. The molecule has 0 radical (unpaired) electrons. The summed E-state index contributed by atoms with van der Waals surface area (Å²) in [5.41, 5.74) is 1.08. The molecule has 2 heterocycles. The smallest absolute Gasteiger partial charge is 0.317 e. The van der Waals surface area contributed by atoms with Gasteiger partial charge in [0.15, 0.2) is 0 Å².